The predicted octanol–water partition coefficient (Wildman–Crippen LogP) is 4.75. The van der Waals surface area contributed by atoms with Crippen molar-refractivity contribution in [3.63, 3.8) is 0 Å². The van der Waals surface area contributed by atoms with Crippen LogP contribution >= 0.6 is 15.9 Å². The van der Waals surface area contributed by atoms with Gasteiger partial charge in [-0.25, -0.2) is 0 Å². The number of rotatable bonds is 2. The fourth-order valence-corrected chi connectivity index (χ4v) is 2.74. The Kier molecular flexibility index (Phi) is 3.91. The monoisotopic (exact) mass is 281 g/mol. The van der Waals surface area contributed by atoms with Crippen molar-refractivity contribution in [1.82, 2.24) is 0 Å². The lowest BCUT2D eigenvalue weighted by Crippen LogP contribution is -2.25. The highest BCUT2D eigenvalue weighted by atomic mass is 79.9. The van der Waals surface area contributed by atoms with Gasteiger partial charge in [0.25, 0.3) is 0 Å². The van der Waals surface area contributed by atoms with Crippen LogP contribution in [-0.4, -0.2) is 6.04 Å². The molecular formula is C14H20BrN. The van der Waals surface area contributed by atoms with Gasteiger partial charge in [0.2, 0.25) is 0 Å². The Morgan fingerprint density at radius 2 is 1.88 bits per heavy atom. The molecule has 0 atom stereocenters. The quantitative estimate of drug-likeness (QED) is 0.825. The molecule has 0 amide bonds. The maximum Gasteiger partial charge on any atom is 0.0489 e. The summed E-state index contributed by atoms with van der Waals surface area (Å²) in [6, 6.07) is 7.15. The minimum absolute atomic E-state index is 0.661. The van der Waals surface area contributed by atoms with Crippen LogP contribution in [0.5, 0.6) is 0 Å². The van der Waals surface area contributed by atoms with Crippen molar-refractivity contribution in [1.29, 1.82) is 0 Å². The molecule has 0 spiro atoms. The highest BCUT2D eigenvalue weighted by molar-refractivity contribution is 9.10. The Hall–Kier alpha value is -0.500. The first kappa shape index (κ1) is 12.0. The molecule has 1 saturated carbocycles. The largest absolute Gasteiger partial charge is 0.381 e. The average molecular weight is 282 g/mol. The minimum atomic E-state index is 0.661. The van der Waals surface area contributed by atoms with E-state index in [4.69, 9.17) is 0 Å². The van der Waals surface area contributed by atoms with Crippen LogP contribution in [-0.2, 0) is 0 Å². The van der Waals surface area contributed by atoms with Crippen molar-refractivity contribution >= 4 is 21.6 Å². The molecule has 0 aliphatic heterocycles. The van der Waals surface area contributed by atoms with E-state index in [0.717, 1.165) is 5.92 Å². The predicted molar refractivity (Wildman–Crippen MR) is 73.9 cm³/mol. The Bertz CT molecular complexity index is 354. The molecule has 1 aliphatic carbocycles. The average Bonchev–Trinajstić information content (AvgIpc) is 2.27. The number of nitrogens with one attached hydrogen (secondary N) is 1. The smallest absolute Gasteiger partial charge is 0.0489 e. The third-order valence-electron chi connectivity index (χ3n) is 3.50. The molecule has 0 bridgehead atoms. The molecule has 88 valence electrons. The van der Waals surface area contributed by atoms with Crippen molar-refractivity contribution < 1.29 is 0 Å². The van der Waals surface area contributed by atoms with Crippen LogP contribution in [0.2, 0.25) is 0 Å². The molecule has 1 nitrogen and oxygen atoms in total. The lowest BCUT2D eigenvalue weighted by atomic mass is 9.87. The van der Waals surface area contributed by atoms with Gasteiger partial charge in [0.1, 0.15) is 0 Å². The first-order valence-corrected chi connectivity index (χ1v) is 6.97. The summed E-state index contributed by atoms with van der Waals surface area (Å²) in [4.78, 5) is 0. The van der Waals surface area contributed by atoms with E-state index >= 15 is 0 Å². The molecular weight excluding hydrogens is 262 g/mol. The lowest BCUT2D eigenvalue weighted by Gasteiger charge is -2.28. The van der Waals surface area contributed by atoms with E-state index in [1.807, 2.05) is 0 Å². The zero-order valence-corrected chi connectivity index (χ0v) is 11.7. The van der Waals surface area contributed by atoms with Crippen molar-refractivity contribution in [2.45, 2.75) is 45.6 Å². The molecule has 1 aromatic rings. The Morgan fingerprint density at radius 1 is 1.19 bits per heavy atom. The Morgan fingerprint density at radius 3 is 2.56 bits per heavy atom. The van der Waals surface area contributed by atoms with E-state index in [0.29, 0.717) is 6.04 Å². The van der Waals surface area contributed by atoms with E-state index in [-0.39, 0.29) is 0 Å². The van der Waals surface area contributed by atoms with Crippen LogP contribution in [0, 0.1) is 12.8 Å². The van der Waals surface area contributed by atoms with Gasteiger partial charge in [-0.3, -0.25) is 0 Å². The number of anilines is 1. The summed E-state index contributed by atoms with van der Waals surface area (Å²) in [5.74, 6) is 0.916. The van der Waals surface area contributed by atoms with Crippen molar-refractivity contribution in [3.05, 3.63) is 28.2 Å². The van der Waals surface area contributed by atoms with Crippen LogP contribution in [0.15, 0.2) is 22.7 Å². The summed E-state index contributed by atoms with van der Waals surface area (Å²) in [5.41, 5.74) is 2.56. The van der Waals surface area contributed by atoms with E-state index in [1.165, 1.54) is 41.4 Å². The lowest BCUT2D eigenvalue weighted by molar-refractivity contribution is 0.361. The third-order valence-corrected chi connectivity index (χ3v) is 4.19. The van der Waals surface area contributed by atoms with Gasteiger partial charge >= 0.3 is 0 Å². The van der Waals surface area contributed by atoms with Gasteiger partial charge in [0.15, 0.2) is 0 Å². The first-order chi connectivity index (χ1) is 7.65. The van der Waals surface area contributed by atoms with E-state index in [9.17, 15) is 0 Å². The highest BCUT2D eigenvalue weighted by Gasteiger charge is 2.18. The second kappa shape index (κ2) is 5.22. The van der Waals surface area contributed by atoms with Crippen LogP contribution in [0.25, 0.3) is 0 Å². The maximum absolute atomic E-state index is 3.66. The topological polar surface area (TPSA) is 12.0 Å². The molecule has 0 saturated heterocycles. The molecule has 0 radical (unpaired) electrons. The van der Waals surface area contributed by atoms with Crippen LogP contribution in [0.3, 0.4) is 0 Å². The maximum atomic E-state index is 3.66. The third kappa shape index (κ3) is 3.00. The normalized spacial score (nSPS) is 25.4. The van der Waals surface area contributed by atoms with Gasteiger partial charge in [-0.1, -0.05) is 13.0 Å². The van der Waals surface area contributed by atoms with Crippen LogP contribution in [0.4, 0.5) is 5.69 Å². The zero-order chi connectivity index (χ0) is 11.5. The summed E-state index contributed by atoms with van der Waals surface area (Å²) < 4.78 is 1.18. The van der Waals surface area contributed by atoms with Crippen LogP contribution < -0.4 is 5.32 Å². The zero-order valence-electron chi connectivity index (χ0n) is 10.1. The summed E-state index contributed by atoms with van der Waals surface area (Å²) in [7, 11) is 0. The number of halogens is 1. The second-order valence-corrected chi connectivity index (χ2v) is 5.94. The number of hydrogen-bond donors (Lipinski definition) is 1. The number of hydrogen-bond acceptors (Lipinski definition) is 1. The van der Waals surface area contributed by atoms with Gasteiger partial charge in [-0.15, -0.1) is 0 Å². The molecule has 16 heavy (non-hydrogen) atoms. The molecule has 0 aromatic heterocycles. The van der Waals surface area contributed by atoms with E-state index in [2.05, 4.69) is 53.3 Å². The molecule has 1 N–H and O–H groups in total. The van der Waals surface area contributed by atoms with Gasteiger partial charge < -0.3 is 5.32 Å². The SMILES string of the molecule is Cc1ccc(Br)c(NC2CCC(C)CC2)c1. The second-order valence-electron chi connectivity index (χ2n) is 5.08. The Balaban J connectivity index is 2.00. The molecule has 1 aliphatic rings. The molecule has 0 unspecified atom stereocenters. The fourth-order valence-electron chi connectivity index (χ4n) is 2.37. The van der Waals surface area contributed by atoms with Gasteiger partial charge in [-0.2, -0.15) is 0 Å². The molecule has 2 rings (SSSR count). The summed E-state index contributed by atoms with van der Waals surface area (Å²) in [6.07, 6.45) is 5.34. The molecule has 1 aromatic carbocycles. The molecule has 0 heterocycles. The van der Waals surface area contributed by atoms with E-state index in [1.54, 1.807) is 0 Å². The first-order valence-electron chi connectivity index (χ1n) is 6.18. The Labute approximate surface area is 107 Å². The van der Waals surface area contributed by atoms with Crippen molar-refractivity contribution in [2.75, 3.05) is 5.32 Å². The van der Waals surface area contributed by atoms with Crippen molar-refractivity contribution in [3.8, 4) is 0 Å². The molecule has 2 heteroatoms. The van der Waals surface area contributed by atoms with Crippen molar-refractivity contribution in [2.24, 2.45) is 5.92 Å². The van der Waals surface area contributed by atoms with Gasteiger partial charge in [0.05, 0.1) is 0 Å². The summed E-state index contributed by atoms with van der Waals surface area (Å²) >= 11 is 3.61. The highest BCUT2D eigenvalue weighted by Crippen LogP contribution is 2.29. The molecule has 1 fully saturated rings. The summed E-state index contributed by atoms with van der Waals surface area (Å²) in [6.45, 7) is 4.50. The minimum Gasteiger partial charge on any atom is -0.381 e. The van der Waals surface area contributed by atoms with E-state index < -0.39 is 0 Å². The standard InChI is InChI=1S/C14H20BrN/c1-10-3-6-12(7-4-10)16-14-9-11(2)5-8-13(14)15/h5,8-10,12,16H,3-4,6-7H2,1-2H3. The summed E-state index contributed by atoms with van der Waals surface area (Å²) in [5, 5.41) is 3.66. The number of benzene rings is 1. The van der Waals surface area contributed by atoms with Gasteiger partial charge in [0, 0.05) is 16.2 Å². The number of aryl methyl sites for hydroxylation is 1. The fraction of sp³-hybridized carbons (Fsp3) is 0.571. The van der Waals surface area contributed by atoms with Gasteiger partial charge in [-0.05, 0) is 72.2 Å². The van der Waals surface area contributed by atoms with Crippen LogP contribution in [0.1, 0.15) is 38.2 Å².